The average Bonchev–Trinajstić information content (AvgIpc) is 2.31. The average molecular weight is 197 g/mol. The molecule has 0 unspecified atom stereocenters. The van der Waals surface area contributed by atoms with E-state index in [0.717, 1.165) is 0 Å². The molecule has 0 saturated carbocycles. The molecular weight excluding hydrogens is 184 g/mol. The zero-order valence-corrected chi connectivity index (χ0v) is 8.43. The third kappa shape index (κ3) is 2.50. The predicted octanol–water partition coefficient (Wildman–Crippen LogP) is 2.04. The van der Waals surface area contributed by atoms with E-state index >= 15 is 0 Å². The second kappa shape index (κ2) is 4.51. The molecule has 0 aliphatic heterocycles. The molecule has 1 N–H and O–H groups in total. The van der Waals surface area contributed by atoms with Gasteiger partial charge in [-0.05, 0) is 17.7 Å². The van der Waals surface area contributed by atoms with Crippen LogP contribution in [0.1, 0.15) is 5.56 Å². The lowest BCUT2D eigenvalue weighted by atomic mass is 10.1. The molecule has 2 nitrogen and oxygen atoms in total. The lowest BCUT2D eigenvalue weighted by Crippen LogP contribution is -2.42. The van der Waals surface area contributed by atoms with Gasteiger partial charge in [0.2, 0.25) is 0 Å². The lowest BCUT2D eigenvalue weighted by molar-refractivity contribution is -0.558. The van der Waals surface area contributed by atoms with Gasteiger partial charge in [-0.25, -0.2) is 4.57 Å². The van der Waals surface area contributed by atoms with Crippen molar-refractivity contribution >= 4 is 5.84 Å². The maximum absolute atomic E-state index is 7.93. The summed E-state index contributed by atoms with van der Waals surface area (Å²) < 4.78 is 1.83. The van der Waals surface area contributed by atoms with Crippen LogP contribution < -0.4 is 4.57 Å². The highest BCUT2D eigenvalue weighted by molar-refractivity contribution is 5.72. The number of aromatic nitrogens is 1. The van der Waals surface area contributed by atoms with Gasteiger partial charge in [-0.1, -0.05) is 36.4 Å². The Kier molecular flexibility index (Phi) is 2.88. The van der Waals surface area contributed by atoms with Gasteiger partial charge < -0.3 is 0 Å². The van der Waals surface area contributed by atoms with Crippen molar-refractivity contribution in [3.63, 3.8) is 0 Å². The fourth-order valence-corrected chi connectivity index (χ4v) is 1.46. The van der Waals surface area contributed by atoms with Crippen molar-refractivity contribution in [1.82, 2.24) is 0 Å². The molecule has 74 valence electrons. The second-order valence-electron chi connectivity index (χ2n) is 3.39. The Balaban J connectivity index is 2.12. The van der Waals surface area contributed by atoms with Crippen LogP contribution in [-0.2, 0) is 6.42 Å². The Morgan fingerprint density at radius 2 is 1.53 bits per heavy atom. The third-order valence-corrected chi connectivity index (χ3v) is 2.24. The molecule has 1 heterocycles. The van der Waals surface area contributed by atoms with Crippen LogP contribution >= 0.6 is 0 Å². The molecule has 0 fully saturated rings. The molecule has 0 radical (unpaired) electrons. The van der Waals surface area contributed by atoms with Gasteiger partial charge in [0, 0.05) is 0 Å². The summed E-state index contributed by atoms with van der Waals surface area (Å²) in [6.45, 7) is 0. The van der Waals surface area contributed by atoms with Crippen molar-refractivity contribution in [2.75, 3.05) is 0 Å². The van der Waals surface area contributed by atoms with Gasteiger partial charge in [-0.2, -0.15) is 0 Å². The Bertz CT molecular complexity index is 435. The summed E-state index contributed by atoms with van der Waals surface area (Å²) in [6, 6.07) is 15.9. The molecule has 0 aliphatic rings. The summed E-state index contributed by atoms with van der Waals surface area (Å²) >= 11 is 0. The van der Waals surface area contributed by atoms with E-state index in [9.17, 15) is 0 Å². The minimum absolute atomic E-state index is 0.585. The normalized spacial score (nSPS) is 9.87. The largest absolute Gasteiger partial charge is 0.298 e. The molecule has 0 aliphatic carbocycles. The van der Waals surface area contributed by atoms with Crippen LogP contribution in [0.5, 0.6) is 0 Å². The number of pyridine rings is 1. The van der Waals surface area contributed by atoms with Crippen LogP contribution in [0.4, 0.5) is 0 Å². The molecular formula is C13H13N2+. The molecule has 2 heteroatoms. The highest BCUT2D eigenvalue weighted by Gasteiger charge is 2.07. The predicted molar refractivity (Wildman–Crippen MR) is 59.9 cm³/mol. The minimum atomic E-state index is 0.585. The highest BCUT2D eigenvalue weighted by atomic mass is 15.0. The van der Waals surface area contributed by atoms with E-state index in [1.807, 2.05) is 65.5 Å². The van der Waals surface area contributed by atoms with Crippen LogP contribution in [0.15, 0.2) is 60.9 Å². The van der Waals surface area contributed by atoms with Crippen LogP contribution in [0.2, 0.25) is 0 Å². The van der Waals surface area contributed by atoms with Gasteiger partial charge in [0.1, 0.15) is 0 Å². The summed E-state index contributed by atoms with van der Waals surface area (Å²) in [7, 11) is 0. The quantitative estimate of drug-likeness (QED) is 0.433. The standard InChI is InChI=1S/C13H13N2/c14-13(15-9-5-2-6-10-15)11-12-7-3-1-4-8-12/h1-10,14H,11H2/q+1. The summed E-state index contributed by atoms with van der Waals surface area (Å²) in [5.74, 6) is 0.585. The molecule has 1 aromatic heterocycles. The zero-order valence-electron chi connectivity index (χ0n) is 8.43. The first-order valence-corrected chi connectivity index (χ1v) is 4.94. The van der Waals surface area contributed by atoms with Crippen molar-refractivity contribution in [3.05, 3.63) is 66.5 Å². The first kappa shape index (κ1) is 9.59. The van der Waals surface area contributed by atoms with Gasteiger partial charge >= 0.3 is 0 Å². The van der Waals surface area contributed by atoms with Crippen molar-refractivity contribution in [2.24, 2.45) is 0 Å². The van der Waals surface area contributed by atoms with Crippen molar-refractivity contribution in [3.8, 4) is 0 Å². The van der Waals surface area contributed by atoms with E-state index in [1.165, 1.54) is 5.56 Å². The molecule has 0 bridgehead atoms. The van der Waals surface area contributed by atoms with Crippen LogP contribution in [0, 0.1) is 5.41 Å². The van der Waals surface area contributed by atoms with E-state index in [4.69, 9.17) is 5.41 Å². The zero-order chi connectivity index (χ0) is 10.5. The summed E-state index contributed by atoms with van der Waals surface area (Å²) in [6.07, 6.45) is 4.45. The highest BCUT2D eigenvalue weighted by Crippen LogP contribution is 1.99. The Morgan fingerprint density at radius 1 is 0.933 bits per heavy atom. The topological polar surface area (TPSA) is 27.7 Å². The Hall–Kier alpha value is -1.96. The molecule has 1 aromatic carbocycles. The van der Waals surface area contributed by atoms with Crippen molar-refractivity contribution in [1.29, 1.82) is 5.41 Å². The van der Waals surface area contributed by atoms with Gasteiger partial charge in [-0.15, -0.1) is 5.41 Å². The summed E-state index contributed by atoms with van der Waals surface area (Å²) in [5.41, 5.74) is 1.17. The first-order valence-electron chi connectivity index (χ1n) is 4.94. The van der Waals surface area contributed by atoms with Crippen LogP contribution in [0.25, 0.3) is 0 Å². The molecule has 2 rings (SSSR count). The first-order chi connectivity index (χ1) is 7.36. The van der Waals surface area contributed by atoms with E-state index in [2.05, 4.69) is 0 Å². The van der Waals surface area contributed by atoms with Crippen molar-refractivity contribution in [2.45, 2.75) is 6.42 Å². The maximum Gasteiger partial charge on any atom is 0.298 e. The summed E-state index contributed by atoms with van der Waals surface area (Å²) in [5, 5.41) is 7.93. The van der Waals surface area contributed by atoms with Crippen LogP contribution in [-0.4, -0.2) is 5.84 Å². The fourth-order valence-electron chi connectivity index (χ4n) is 1.46. The number of benzene rings is 1. The smallest absolute Gasteiger partial charge is 0.207 e. The lowest BCUT2D eigenvalue weighted by Gasteiger charge is -1.99. The number of nitrogens with one attached hydrogen (secondary N) is 1. The van der Waals surface area contributed by atoms with Gasteiger partial charge in [0.15, 0.2) is 0 Å². The molecule has 0 amide bonds. The third-order valence-electron chi connectivity index (χ3n) is 2.24. The molecule has 2 aromatic rings. The van der Waals surface area contributed by atoms with E-state index in [1.54, 1.807) is 0 Å². The molecule has 0 saturated heterocycles. The van der Waals surface area contributed by atoms with Gasteiger partial charge in [0.05, 0.1) is 18.8 Å². The molecule has 0 spiro atoms. The Labute approximate surface area is 89.3 Å². The van der Waals surface area contributed by atoms with Gasteiger partial charge in [0.25, 0.3) is 5.84 Å². The summed E-state index contributed by atoms with van der Waals surface area (Å²) in [4.78, 5) is 0. The van der Waals surface area contributed by atoms with Crippen molar-refractivity contribution < 1.29 is 4.57 Å². The van der Waals surface area contributed by atoms with Crippen LogP contribution in [0.3, 0.4) is 0 Å². The Morgan fingerprint density at radius 3 is 2.20 bits per heavy atom. The SMILES string of the molecule is N=C(Cc1ccccc1)[n+]1ccccc1. The number of nitrogens with zero attached hydrogens (tertiary/aromatic N) is 1. The maximum atomic E-state index is 7.93. The van der Waals surface area contributed by atoms with E-state index < -0.39 is 0 Å². The fraction of sp³-hybridized carbons (Fsp3) is 0.0769. The molecule has 0 atom stereocenters. The molecule has 15 heavy (non-hydrogen) atoms. The van der Waals surface area contributed by atoms with E-state index in [-0.39, 0.29) is 0 Å². The number of rotatable bonds is 2. The van der Waals surface area contributed by atoms with E-state index in [0.29, 0.717) is 12.3 Å². The second-order valence-corrected chi connectivity index (χ2v) is 3.39. The van der Waals surface area contributed by atoms with Gasteiger partial charge in [-0.3, -0.25) is 0 Å². The minimum Gasteiger partial charge on any atom is -0.207 e. The number of hydrogen-bond acceptors (Lipinski definition) is 1. The monoisotopic (exact) mass is 197 g/mol. The number of hydrogen-bond donors (Lipinski definition) is 1.